The van der Waals surface area contributed by atoms with Gasteiger partial charge in [-0.2, -0.15) is 5.10 Å². The third-order valence-corrected chi connectivity index (χ3v) is 9.90. The molecule has 1 aromatic carbocycles. The van der Waals surface area contributed by atoms with Crippen molar-refractivity contribution in [1.82, 2.24) is 39.4 Å². The number of halogens is 1. The molecule has 0 radical (unpaired) electrons. The highest BCUT2D eigenvalue weighted by atomic mass is 35.5. The minimum atomic E-state index is -0.163. The third-order valence-electron chi connectivity index (χ3n) is 9.59. The van der Waals surface area contributed by atoms with Gasteiger partial charge in [0.15, 0.2) is 0 Å². The van der Waals surface area contributed by atoms with E-state index in [1.54, 1.807) is 30.5 Å². The minimum Gasteiger partial charge on any atom is -0.487 e. The lowest BCUT2D eigenvalue weighted by atomic mass is 9.89. The van der Waals surface area contributed by atoms with E-state index in [0.717, 1.165) is 49.3 Å². The van der Waals surface area contributed by atoms with Crippen molar-refractivity contribution >= 4 is 23.2 Å². The Morgan fingerprint density at radius 2 is 1.73 bits per heavy atom. The molecule has 1 aliphatic carbocycles. The van der Waals surface area contributed by atoms with Crippen molar-refractivity contribution in [3.8, 4) is 22.8 Å². The summed E-state index contributed by atoms with van der Waals surface area (Å²) in [6, 6.07) is 7.80. The van der Waals surface area contributed by atoms with Crippen LogP contribution in [0.2, 0.25) is 5.02 Å². The smallest absolute Gasteiger partial charge is 0.256 e. The van der Waals surface area contributed by atoms with Gasteiger partial charge in [0.1, 0.15) is 30.2 Å². The molecule has 0 spiro atoms. The summed E-state index contributed by atoms with van der Waals surface area (Å²) in [6.07, 6.45) is 16.4. The maximum Gasteiger partial charge on any atom is 0.256 e. The van der Waals surface area contributed by atoms with Gasteiger partial charge in [-0.1, -0.05) is 17.7 Å². The van der Waals surface area contributed by atoms with Gasteiger partial charge in [0.25, 0.3) is 5.88 Å². The van der Waals surface area contributed by atoms with Crippen molar-refractivity contribution in [3.05, 3.63) is 54.5 Å². The molecular weight excluding hydrogens is 634 g/mol. The van der Waals surface area contributed by atoms with Crippen LogP contribution >= 0.6 is 11.6 Å². The molecule has 2 bridgehead atoms. The van der Waals surface area contributed by atoms with Crippen LogP contribution in [0.1, 0.15) is 57.9 Å². The number of nitrogens with zero attached hydrogens (tertiary/aromatic N) is 8. The lowest BCUT2D eigenvalue weighted by Gasteiger charge is -2.43. The molecule has 4 aromatic rings. The van der Waals surface area contributed by atoms with Crippen molar-refractivity contribution in [1.29, 1.82) is 0 Å². The monoisotopic (exact) mass is 677 g/mol. The largest absolute Gasteiger partial charge is 0.487 e. The molecular formula is C34H44ClN9O4. The van der Waals surface area contributed by atoms with E-state index in [1.165, 1.54) is 32.0 Å². The Morgan fingerprint density at radius 1 is 0.979 bits per heavy atom. The number of aromatic nitrogens is 7. The van der Waals surface area contributed by atoms with Gasteiger partial charge >= 0.3 is 0 Å². The van der Waals surface area contributed by atoms with Crippen molar-refractivity contribution in [2.45, 2.75) is 88.7 Å². The Labute approximate surface area is 285 Å². The Bertz CT molecular complexity index is 1600. The summed E-state index contributed by atoms with van der Waals surface area (Å²) < 4.78 is 27.1. The van der Waals surface area contributed by atoms with Gasteiger partial charge in [-0.15, -0.1) is 5.10 Å². The Morgan fingerprint density at radius 3 is 2.46 bits per heavy atom. The van der Waals surface area contributed by atoms with Crippen LogP contribution in [-0.4, -0.2) is 97.2 Å². The first kappa shape index (κ1) is 32.8. The molecule has 1 N–H and O–H groups in total. The summed E-state index contributed by atoms with van der Waals surface area (Å²) >= 11 is 6.47. The highest BCUT2D eigenvalue weighted by molar-refractivity contribution is 6.32. The molecule has 3 fully saturated rings. The molecule has 0 unspecified atom stereocenters. The van der Waals surface area contributed by atoms with Crippen molar-refractivity contribution in [2.24, 2.45) is 0 Å². The Hall–Kier alpha value is -3.78. The highest BCUT2D eigenvalue weighted by Crippen LogP contribution is 2.39. The number of hydrogen-bond donors (Lipinski definition) is 1. The molecule has 3 aromatic heterocycles. The van der Waals surface area contributed by atoms with Crippen LogP contribution < -0.4 is 14.8 Å². The number of benzene rings is 1. The average Bonchev–Trinajstić information content (AvgIpc) is 3.82. The Kier molecular flexibility index (Phi) is 10.4. The van der Waals surface area contributed by atoms with Crippen LogP contribution in [0.25, 0.3) is 11.1 Å². The number of methoxy groups -OCH3 is 1. The maximum atomic E-state index is 6.47. The van der Waals surface area contributed by atoms with E-state index in [1.807, 2.05) is 31.3 Å². The summed E-state index contributed by atoms with van der Waals surface area (Å²) in [5.41, 5.74) is 2.48. The molecule has 5 heterocycles. The molecule has 0 amide bonds. The van der Waals surface area contributed by atoms with Crippen molar-refractivity contribution in [2.75, 3.05) is 38.9 Å². The van der Waals surface area contributed by atoms with E-state index in [4.69, 9.17) is 35.6 Å². The lowest BCUT2D eigenvalue weighted by molar-refractivity contribution is -0.0458. The number of hydrogen-bond acceptors (Lipinski definition) is 11. The molecule has 3 atom stereocenters. The van der Waals surface area contributed by atoms with E-state index < -0.39 is 0 Å². The standard InChI is InChI=1S/C34H44ClN9O4/c1-23(17-42-22-36-21-39-42)48-32-14-24(4-11-30(32)35)25-15-37-34(38-16-25)40-31-18-43(41-33(31)47-13-3-12-45-2)26-5-7-27(8-6-26)44-28-9-10-29(44)20-46-19-28/h4,11,14-16,18,21-23,26-29H,3,5-10,12-13,17,19-20H2,1-2H3,(H,37,38,40)/t23-,26-,27-,28-,29+/m0/s1. The molecule has 14 heteroatoms. The molecule has 2 saturated heterocycles. The number of fused-ring (bicyclic) bond motifs is 2. The van der Waals surface area contributed by atoms with Crippen LogP contribution in [0.4, 0.5) is 11.6 Å². The third kappa shape index (κ3) is 7.59. The maximum absolute atomic E-state index is 6.47. The highest BCUT2D eigenvalue weighted by Gasteiger charge is 2.42. The van der Waals surface area contributed by atoms with Gasteiger partial charge in [0, 0.05) is 56.2 Å². The number of ether oxygens (including phenoxy) is 4. The normalized spacial score (nSPS) is 23.2. The molecule has 256 valence electrons. The molecule has 48 heavy (non-hydrogen) atoms. The number of morpholine rings is 1. The number of anilines is 2. The topological polar surface area (TPSA) is 127 Å². The van der Waals surface area contributed by atoms with E-state index in [-0.39, 0.29) is 6.10 Å². The zero-order chi connectivity index (χ0) is 32.9. The molecule has 2 aliphatic heterocycles. The van der Waals surface area contributed by atoms with E-state index in [9.17, 15) is 0 Å². The number of nitrogens with one attached hydrogen (secondary N) is 1. The second kappa shape index (κ2) is 15.2. The van der Waals surface area contributed by atoms with Crippen LogP contribution in [0.15, 0.2) is 49.4 Å². The molecule has 1 saturated carbocycles. The van der Waals surface area contributed by atoms with Crippen LogP contribution in [0.5, 0.6) is 11.6 Å². The fourth-order valence-electron chi connectivity index (χ4n) is 7.28. The predicted molar refractivity (Wildman–Crippen MR) is 181 cm³/mol. The van der Waals surface area contributed by atoms with Gasteiger partial charge in [0.2, 0.25) is 5.95 Å². The first-order valence-corrected chi connectivity index (χ1v) is 17.4. The summed E-state index contributed by atoms with van der Waals surface area (Å²) in [6.45, 7) is 5.42. The fraction of sp³-hybridized carbons (Fsp3) is 0.559. The van der Waals surface area contributed by atoms with E-state index >= 15 is 0 Å². The lowest BCUT2D eigenvalue weighted by Crippen LogP contribution is -2.52. The molecule has 7 rings (SSSR count). The SMILES string of the molecule is COCCCOc1nn([C@H]2CC[C@H](N3[C@@H]4CC[C@H]3COC4)CC2)cc1Nc1ncc(-c2ccc(Cl)c(O[C@@H](C)Cn3cncn3)c2)cn1. The second-order valence-corrected chi connectivity index (χ2v) is 13.4. The van der Waals surface area contributed by atoms with Crippen LogP contribution in [0, 0.1) is 0 Å². The first-order chi connectivity index (χ1) is 23.5. The zero-order valence-electron chi connectivity index (χ0n) is 27.6. The fourth-order valence-corrected chi connectivity index (χ4v) is 7.45. The Balaban J connectivity index is 1.01. The van der Waals surface area contributed by atoms with Gasteiger partial charge in [-0.25, -0.2) is 19.6 Å². The molecule has 3 aliphatic rings. The summed E-state index contributed by atoms with van der Waals surface area (Å²) in [4.78, 5) is 16.0. The zero-order valence-corrected chi connectivity index (χ0v) is 28.3. The van der Waals surface area contributed by atoms with Crippen LogP contribution in [-0.2, 0) is 16.0 Å². The van der Waals surface area contributed by atoms with Gasteiger partial charge in [-0.3, -0.25) is 9.58 Å². The van der Waals surface area contributed by atoms with Crippen LogP contribution in [0.3, 0.4) is 0 Å². The van der Waals surface area contributed by atoms with Gasteiger partial charge in [0.05, 0.1) is 43.6 Å². The van der Waals surface area contributed by atoms with E-state index in [2.05, 4.69) is 34.9 Å². The summed E-state index contributed by atoms with van der Waals surface area (Å²) in [5.74, 6) is 1.59. The predicted octanol–water partition coefficient (Wildman–Crippen LogP) is 5.56. The average molecular weight is 678 g/mol. The first-order valence-electron chi connectivity index (χ1n) is 17.0. The quantitative estimate of drug-likeness (QED) is 0.169. The summed E-state index contributed by atoms with van der Waals surface area (Å²) in [5, 5.41) is 12.9. The molecule has 13 nitrogen and oxygen atoms in total. The van der Waals surface area contributed by atoms with E-state index in [0.29, 0.717) is 66.5 Å². The summed E-state index contributed by atoms with van der Waals surface area (Å²) in [7, 11) is 1.70. The second-order valence-electron chi connectivity index (χ2n) is 13.0. The van der Waals surface area contributed by atoms with Gasteiger partial charge in [-0.05, 0) is 63.1 Å². The number of rotatable bonds is 14. The van der Waals surface area contributed by atoms with Crippen molar-refractivity contribution < 1.29 is 18.9 Å². The van der Waals surface area contributed by atoms with Crippen molar-refractivity contribution in [3.63, 3.8) is 0 Å². The minimum absolute atomic E-state index is 0.163. The van der Waals surface area contributed by atoms with Gasteiger partial charge < -0.3 is 24.3 Å².